The van der Waals surface area contributed by atoms with Crippen molar-refractivity contribution in [3.8, 4) is 0 Å². The quantitative estimate of drug-likeness (QED) is 0.682. The second-order valence-corrected chi connectivity index (χ2v) is 4.47. The molecule has 0 aliphatic rings. The summed E-state index contributed by atoms with van der Waals surface area (Å²) in [5.74, 6) is 1.57. The van der Waals surface area contributed by atoms with Gasteiger partial charge in [0.25, 0.3) is 0 Å². The normalized spacial score (nSPS) is 11.7. The van der Waals surface area contributed by atoms with E-state index in [0.717, 1.165) is 35.9 Å². The van der Waals surface area contributed by atoms with Crippen molar-refractivity contribution in [2.45, 2.75) is 26.9 Å². The molecule has 2 heterocycles. The summed E-state index contributed by atoms with van der Waals surface area (Å²) in [5, 5.41) is 0. The molecule has 0 aliphatic carbocycles. The van der Waals surface area contributed by atoms with E-state index in [1.807, 2.05) is 29.0 Å². The van der Waals surface area contributed by atoms with E-state index in [-0.39, 0.29) is 0 Å². The van der Waals surface area contributed by atoms with Crippen LogP contribution in [0.4, 0.5) is 5.95 Å². The number of aryl methyl sites for hydroxylation is 2. The number of rotatable bonds is 4. The highest BCUT2D eigenvalue weighted by molar-refractivity contribution is 5.81. The molecule has 0 bridgehead atoms. The van der Waals surface area contributed by atoms with E-state index < -0.39 is 0 Å². The molecule has 102 valence electrons. The van der Waals surface area contributed by atoms with Crippen LogP contribution in [-0.2, 0) is 13.1 Å². The fraction of sp³-hybridized carbons (Fsp3) is 0.267. The van der Waals surface area contributed by atoms with E-state index in [0.29, 0.717) is 0 Å². The highest BCUT2D eigenvalue weighted by Gasteiger charge is 2.07. The molecular weight excluding hydrogens is 250 g/mol. The number of aromatic nitrogens is 4. The predicted octanol–water partition coefficient (Wildman–Crippen LogP) is 3.02. The van der Waals surface area contributed by atoms with Gasteiger partial charge in [0.2, 0.25) is 5.95 Å². The van der Waals surface area contributed by atoms with E-state index in [2.05, 4.69) is 39.4 Å². The lowest BCUT2D eigenvalue weighted by Crippen LogP contribution is -2.00. The number of hydrogen-bond acceptors (Lipinski definition) is 3. The topological polar surface area (TPSA) is 48.0 Å². The number of benzene rings is 1. The van der Waals surface area contributed by atoms with Gasteiger partial charge in [-0.05, 0) is 26.0 Å². The largest absolute Gasteiger partial charge is 0.330 e. The zero-order valence-corrected chi connectivity index (χ0v) is 11.7. The summed E-state index contributed by atoms with van der Waals surface area (Å²) >= 11 is 0. The van der Waals surface area contributed by atoms with Gasteiger partial charge in [-0.15, -0.1) is 0 Å². The van der Waals surface area contributed by atoms with Crippen molar-refractivity contribution in [2.24, 2.45) is 4.99 Å². The van der Waals surface area contributed by atoms with Gasteiger partial charge in [0.05, 0.1) is 17.2 Å². The Bertz CT molecular complexity index is 751. The fourth-order valence-corrected chi connectivity index (χ4v) is 2.30. The molecule has 0 fully saturated rings. The summed E-state index contributed by atoms with van der Waals surface area (Å²) in [7, 11) is 0. The molecule has 0 saturated carbocycles. The van der Waals surface area contributed by atoms with Crippen molar-refractivity contribution < 1.29 is 0 Å². The average Bonchev–Trinajstić information content (AvgIpc) is 3.08. The van der Waals surface area contributed by atoms with Crippen LogP contribution in [0.15, 0.2) is 41.7 Å². The van der Waals surface area contributed by atoms with E-state index in [9.17, 15) is 0 Å². The van der Waals surface area contributed by atoms with Crippen molar-refractivity contribution >= 4 is 23.2 Å². The van der Waals surface area contributed by atoms with Crippen LogP contribution in [0.5, 0.6) is 0 Å². The third-order valence-corrected chi connectivity index (χ3v) is 3.33. The lowest BCUT2D eigenvalue weighted by atomic mass is 10.3. The van der Waals surface area contributed by atoms with E-state index in [4.69, 9.17) is 0 Å². The molecule has 0 unspecified atom stereocenters. The highest BCUT2D eigenvalue weighted by atomic mass is 15.2. The minimum Gasteiger partial charge on any atom is -0.330 e. The van der Waals surface area contributed by atoms with E-state index in [1.165, 1.54) is 0 Å². The van der Waals surface area contributed by atoms with Crippen molar-refractivity contribution in [1.82, 2.24) is 19.1 Å². The molecule has 3 rings (SSSR count). The number of aliphatic imine (C=N–C) groups is 1. The van der Waals surface area contributed by atoms with Crippen LogP contribution in [-0.4, -0.2) is 25.3 Å². The lowest BCUT2D eigenvalue weighted by Gasteiger charge is -2.01. The molecule has 2 aromatic heterocycles. The number of hydrogen-bond donors (Lipinski definition) is 0. The van der Waals surface area contributed by atoms with Crippen molar-refractivity contribution in [2.75, 3.05) is 0 Å². The number of fused-ring (bicyclic) bond motifs is 1. The fourth-order valence-electron chi connectivity index (χ4n) is 2.30. The zero-order valence-electron chi connectivity index (χ0n) is 11.7. The molecule has 0 spiro atoms. The minimum absolute atomic E-state index is 0.722. The van der Waals surface area contributed by atoms with Gasteiger partial charge in [0.15, 0.2) is 5.82 Å². The summed E-state index contributed by atoms with van der Waals surface area (Å²) in [6.07, 6.45) is 5.51. The van der Waals surface area contributed by atoms with Gasteiger partial charge in [-0.25, -0.2) is 15.0 Å². The molecule has 1 aromatic carbocycles. The van der Waals surface area contributed by atoms with Crippen molar-refractivity contribution in [3.63, 3.8) is 0 Å². The third-order valence-electron chi connectivity index (χ3n) is 3.33. The molecule has 0 amide bonds. The molecule has 3 aromatic rings. The Hall–Kier alpha value is -2.43. The Balaban J connectivity index is 2.02. The van der Waals surface area contributed by atoms with E-state index in [1.54, 1.807) is 12.4 Å². The van der Waals surface area contributed by atoms with Crippen LogP contribution >= 0.6 is 0 Å². The molecule has 0 N–H and O–H groups in total. The molecule has 0 radical (unpaired) electrons. The molecule has 5 heteroatoms. The van der Waals surface area contributed by atoms with Crippen LogP contribution in [0.25, 0.3) is 11.0 Å². The maximum absolute atomic E-state index is 4.57. The molecule has 0 atom stereocenters. The SMILES string of the molecule is CCn1ccnc1C=Nc1nc2ccccc2n1CC. The standard InChI is InChI=1S/C15H17N5/c1-3-19-10-9-16-14(19)11-17-15-18-12-7-5-6-8-13(12)20(15)4-2/h5-11H,3-4H2,1-2H3. The summed E-state index contributed by atoms with van der Waals surface area (Å²) in [6.45, 7) is 5.90. The Kier molecular flexibility index (Phi) is 3.33. The first-order valence-corrected chi connectivity index (χ1v) is 6.84. The number of nitrogens with zero attached hydrogens (tertiary/aromatic N) is 5. The monoisotopic (exact) mass is 267 g/mol. The van der Waals surface area contributed by atoms with E-state index >= 15 is 0 Å². The Morgan fingerprint density at radius 2 is 2.05 bits per heavy atom. The zero-order chi connectivity index (χ0) is 13.9. The summed E-state index contributed by atoms with van der Waals surface area (Å²) in [6, 6.07) is 8.09. The van der Waals surface area contributed by atoms with Crippen molar-refractivity contribution in [1.29, 1.82) is 0 Å². The lowest BCUT2D eigenvalue weighted by molar-refractivity contribution is 0.754. The summed E-state index contributed by atoms with van der Waals surface area (Å²) in [4.78, 5) is 13.4. The molecular formula is C15H17N5. The second-order valence-electron chi connectivity index (χ2n) is 4.47. The minimum atomic E-state index is 0.722. The van der Waals surface area contributed by atoms with Crippen molar-refractivity contribution in [3.05, 3.63) is 42.5 Å². The smallest absolute Gasteiger partial charge is 0.230 e. The summed E-state index contributed by atoms with van der Waals surface area (Å²) < 4.78 is 4.15. The highest BCUT2D eigenvalue weighted by Crippen LogP contribution is 2.21. The van der Waals surface area contributed by atoms with Gasteiger partial charge in [-0.2, -0.15) is 0 Å². The first-order chi connectivity index (χ1) is 9.83. The van der Waals surface area contributed by atoms with Crippen LogP contribution in [0.3, 0.4) is 0 Å². The van der Waals surface area contributed by atoms with Gasteiger partial charge in [-0.1, -0.05) is 12.1 Å². The maximum Gasteiger partial charge on any atom is 0.230 e. The first-order valence-electron chi connectivity index (χ1n) is 6.84. The third kappa shape index (κ3) is 2.11. The Labute approximate surface area is 117 Å². The Morgan fingerprint density at radius 3 is 2.85 bits per heavy atom. The van der Waals surface area contributed by atoms with Gasteiger partial charge >= 0.3 is 0 Å². The first kappa shape index (κ1) is 12.6. The van der Waals surface area contributed by atoms with Crippen LogP contribution < -0.4 is 0 Å². The maximum atomic E-state index is 4.57. The molecule has 20 heavy (non-hydrogen) atoms. The molecule has 0 aliphatic heterocycles. The van der Waals surface area contributed by atoms with Crippen LogP contribution in [0.1, 0.15) is 19.7 Å². The van der Waals surface area contributed by atoms with Crippen LogP contribution in [0.2, 0.25) is 0 Å². The second kappa shape index (κ2) is 5.28. The molecule has 0 saturated heterocycles. The van der Waals surface area contributed by atoms with Gasteiger partial charge < -0.3 is 9.13 Å². The average molecular weight is 267 g/mol. The molecule has 5 nitrogen and oxygen atoms in total. The van der Waals surface area contributed by atoms with Gasteiger partial charge in [0, 0.05) is 25.5 Å². The van der Waals surface area contributed by atoms with Gasteiger partial charge in [0.1, 0.15) is 0 Å². The number of para-hydroxylation sites is 2. The Morgan fingerprint density at radius 1 is 1.20 bits per heavy atom. The predicted molar refractivity (Wildman–Crippen MR) is 80.6 cm³/mol. The summed E-state index contributed by atoms with van der Waals surface area (Å²) in [5.41, 5.74) is 2.08. The number of imidazole rings is 2. The van der Waals surface area contributed by atoms with Gasteiger partial charge in [-0.3, -0.25) is 0 Å². The van der Waals surface area contributed by atoms with Crippen LogP contribution in [0, 0.1) is 0 Å².